The molecular weight excluding hydrogens is 240 g/mol. The molecule has 6 heteroatoms. The van der Waals surface area contributed by atoms with Crippen LogP contribution in [0.3, 0.4) is 0 Å². The van der Waals surface area contributed by atoms with E-state index in [0.717, 1.165) is 31.5 Å². The second kappa shape index (κ2) is 5.18. The van der Waals surface area contributed by atoms with Gasteiger partial charge in [-0.1, -0.05) is 0 Å². The zero-order valence-corrected chi connectivity index (χ0v) is 10.8. The summed E-state index contributed by atoms with van der Waals surface area (Å²) in [4.78, 5) is 4.31. The van der Waals surface area contributed by atoms with Gasteiger partial charge in [0.25, 0.3) is 0 Å². The molecule has 2 heterocycles. The van der Waals surface area contributed by atoms with Crippen LogP contribution in [0.1, 0.15) is 24.4 Å². The topological polar surface area (TPSA) is 72.2 Å². The molecule has 5 nitrogen and oxygen atoms in total. The highest BCUT2D eigenvalue weighted by Crippen LogP contribution is 2.23. The fraction of sp³-hybridized carbons (Fsp3) is 0.727. The molecule has 1 N–H and O–H groups in total. The van der Waals surface area contributed by atoms with Gasteiger partial charge in [0, 0.05) is 19.4 Å². The van der Waals surface area contributed by atoms with Gasteiger partial charge in [0.05, 0.1) is 16.7 Å². The van der Waals surface area contributed by atoms with E-state index in [4.69, 9.17) is 4.42 Å². The zero-order chi connectivity index (χ0) is 12.3. The van der Waals surface area contributed by atoms with E-state index in [9.17, 15) is 8.42 Å². The lowest BCUT2D eigenvalue weighted by Gasteiger charge is -2.04. The Bertz CT molecular complexity index is 467. The van der Waals surface area contributed by atoms with Crippen LogP contribution in [0, 0.1) is 0 Å². The third-order valence-electron chi connectivity index (χ3n) is 3.10. The zero-order valence-electron chi connectivity index (χ0n) is 9.98. The molecule has 96 valence electrons. The van der Waals surface area contributed by atoms with E-state index in [2.05, 4.69) is 10.3 Å². The van der Waals surface area contributed by atoms with Crippen LogP contribution in [0.4, 0.5) is 0 Å². The summed E-state index contributed by atoms with van der Waals surface area (Å²) >= 11 is 0. The first-order valence-electron chi connectivity index (χ1n) is 5.91. The molecule has 0 aliphatic carbocycles. The van der Waals surface area contributed by atoms with Gasteiger partial charge in [0.1, 0.15) is 6.26 Å². The van der Waals surface area contributed by atoms with Crippen LogP contribution in [0.2, 0.25) is 0 Å². The van der Waals surface area contributed by atoms with Gasteiger partial charge < -0.3 is 9.73 Å². The molecule has 1 aromatic rings. The number of oxazole rings is 1. The molecule has 1 aromatic heterocycles. The largest absolute Gasteiger partial charge is 0.449 e. The first-order valence-corrected chi connectivity index (χ1v) is 7.63. The van der Waals surface area contributed by atoms with Crippen molar-refractivity contribution in [3.8, 4) is 0 Å². The first kappa shape index (κ1) is 12.6. The first-order chi connectivity index (χ1) is 8.12. The standard InChI is InChI=1S/C11H18N2O3S/c1-12-5-4-9-8-16-11(13-9)7-10-3-2-6-17(10,14)15/h8,10,12H,2-7H2,1H3. The quantitative estimate of drug-likeness (QED) is 0.835. The summed E-state index contributed by atoms with van der Waals surface area (Å²) in [5.41, 5.74) is 0.879. The number of likely N-dealkylation sites (N-methyl/N-ethyl adjacent to an activating group) is 1. The van der Waals surface area contributed by atoms with Gasteiger partial charge in [-0.15, -0.1) is 0 Å². The molecule has 2 rings (SSSR count). The summed E-state index contributed by atoms with van der Waals surface area (Å²) in [5.74, 6) is 0.858. The summed E-state index contributed by atoms with van der Waals surface area (Å²) in [6.07, 6.45) is 4.34. The monoisotopic (exact) mass is 258 g/mol. The number of aromatic nitrogens is 1. The summed E-state index contributed by atoms with van der Waals surface area (Å²) in [6, 6.07) is 0. The summed E-state index contributed by atoms with van der Waals surface area (Å²) in [6.45, 7) is 0.841. The lowest BCUT2D eigenvalue weighted by molar-refractivity contribution is 0.482. The molecule has 0 amide bonds. The maximum absolute atomic E-state index is 11.7. The second-order valence-corrected chi connectivity index (χ2v) is 6.82. The Morgan fingerprint density at radius 3 is 3.06 bits per heavy atom. The highest BCUT2D eigenvalue weighted by atomic mass is 32.2. The van der Waals surface area contributed by atoms with Crippen molar-refractivity contribution in [2.75, 3.05) is 19.3 Å². The van der Waals surface area contributed by atoms with Crippen LogP contribution < -0.4 is 5.32 Å². The third-order valence-corrected chi connectivity index (χ3v) is 5.37. The normalized spacial score (nSPS) is 23.0. The van der Waals surface area contributed by atoms with Gasteiger partial charge in [0.15, 0.2) is 15.7 Å². The molecule has 0 bridgehead atoms. The van der Waals surface area contributed by atoms with Gasteiger partial charge in [-0.05, 0) is 19.9 Å². The smallest absolute Gasteiger partial charge is 0.195 e. The van der Waals surface area contributed by atoms with Crippen LogP contribution in [-0.2, 0) is 22.7 Å². The van der Waals surface area contributed by atoms with Crippen molar-refractivity contribution in [2.24, 2.45) is 0 Å². The number of nitrogens with one attached hydrogen (secondary N) is 1. The van der Waals surface area contributed by atoms with Gasteiger partial charge in [-0.3, -0.25) is 0 Å². The van der Waals surface area contributed by atoms with Crippen LogP contribution in [0.5, 0.6) is 0 Å². The molecule has 0 spiro atoms. The fourth-order valence-corrected chi connectivity index (χ4v) is 3.92. The molecule has 1 fully saturated rings. The van der Waals surface area contributed by atoms with Crippen LogP contribution in [0.15, 0.2) is 10.7 Å². The molecule has 1 saturated heterocycles. The summed E-state index contributed by atoms with van der Waals surface area (Å²) < 4.78 is 28.6. The van der Waals surface area contributed by atoms with E-state index < -0.39 is 9.84 Å². The maximum atomic E-state index is 11.7. The summed E-state index contributed by atoms with van der Waals surface area (Å²) in [5, 5.41) is 2.74. The molecule has 17 heavy (non-hydrogen) atoms. The molecular formula is C11H18N2O3S. The predicted octanol–water partition coefficient (Wildman–Crippen LogP) is 0.556. The number of rotatable bonds is 5. The minimum absolute atomic E-state index is 0.293. The van der Waals surface area contributed by atoms with E-state index in [0.29, 0.717) is 18.1 Å². The Morgan fingerprint density at radius 1 is 1.59 bits per heavy atom. The SMILES string of the molecule is CNCCc1coc(CC2CCCS2(=O)=O)n1. The lowest BCUT2D eigenvalue weighted by Crippen LogP contribution is -2.18. The highest BCUT2D eigenvalue weighted by Gasteiger charge is 2.32. The van der Waals surface area contributed by atoms with Crippen LogP contribution >= 0.6 is 0 Å². The Kier molecular flexibility index (Phi) is 3.83. The van der Waals surface area contributed by atoms with Crippen molar-refractivity contribution in [2.45, 2.75) is 30.9 Å². The van der Waals surface area contributed by atoms with E-state index in [1.54, 1.807) is 6.26 Å². The average Bonchev–Trinajstić information content (AvgIpc) is 2.84. The molecule has 0 aromatic carbocycles. The second-order valence-electron chi connectivity index (χ2n) is 4.42. The Labute approximate surface area is 102 Å². The van der Waals surface area contributed by atoms with Crippen molar-refractivity contribution in [3.05, 3.63) is 17.8 Å². The molecule has 0 radical (unpaired) electrons. The van der Waals surface area contributed by atoms with Crippen molar-refractivity contribution in [3.63, 3.8) is 0 Å². The van der Waals surface area contributed by atoms with E-state index >= 15 is 0 Å². The summed E-state index contributed by atoms with van der Waals surface area (Å²) in [7, 11) is -1.02. The number of sulfone groups is 1. The fourth-order valence-electron chi connectivity index (χ4n) is 2.09. The lowest BCUT2D eigenvalue weighted by atomic mass is 10.2. The average molecular weight is 258 g/mol. The van der Waals surface area contributed by atoms with Crippen molar-refractivity contribution in [1.29, 1.82) is 0 Å². The van der Waals surface area contributed by atoms with E-state index in [1.807, 2.05) is 7.05 Å². The van der Waals surface area contributed by atoms with Gasteiger partial charge in [0.2, 0.25) is 0 Å². The molecule has 1 aliphatic rings. The minimum atomic E-state index is -2.91. The molecule has 1 atom stereocenters. The van der Waals surface area contributed by atoms with Gasteiger partial charge >= 0.3 is 0 Å². The Hall–Kier alpha value is -0.880. The molecule has 1 aliphatic heterocycles. The van der Waals surface area contributed by atoms with E-state index in [1.165, 1.54) is 0 Å². The Morgan fingerprint density at radius 2 is 2.41 bits per heavy atom. The van der Waals surface area contributed by atoms with Gasteiger partial charge in [-0.25, -0.2) is 13.4 Å². The predicted molar refractivity (Wildman–Crippen MR) is 64.6 cm³/mol. The van der Waals surface area contributed by atoms with E-state index in [-0.39, 0.29) is 5.25 Å². The van der Waals surface area contributed by atoms with Crippen LogP contribution in [-0.4, -0.2) is 38.0 Å². The highest BCUT2D eigenvalue weighted by molar-refractivity contribution is 7.92. The molecule has 0 saturated carbocycles. The van der Waals surface area contributed by atoms with Gasteiger partial charge in [-0.2, -0.15) is 0 Å². The van der Waals surface area contributed by atoms with Crippen molar-refractivity contribution in [1.82, 2.24) is 10.3 Å². The number of nitrogens with zero attached hydrogens (tertiary/aromatic N) is 1. The number of hydrogen-bond acceptors (Lipinski definition) is 5. The maximum Gasteiger partial charge on any atom is 0.195 e. The van der Waals surface area contributed by atoms with Crippen molar-refractivity contribution < 1.29 is 12.8 Å². The Balaban J connectivity index is 1.97. The molecule has 1 unspecified atom stereocenters. The van der Waals surface area contributed by atoms with Crippen LogP contribution in [0.25, 0.3) is 0 Å². The third kappa shape index (κ3) is 3.07. The van der Waals surface area contributed by atoms with Crippen molar-refractivity contribution >= 4 is 9.84 Å². The minimum Gasteiger partial charge on any atom is -0.449 e. The number of hydrogen-bond donors (Lipinski definition) is 1.